The summed E-state index contributed by atoms with van der Waals surface area (Å²) in [4.78, 5) is 127. The van der Waals surface area contributed by atoms with Gasteiger partial charge in [0, 0.05) is 19.4 Å². The summed E-state index contributed by atoms with van der Waals surface area (Å²) in [6.45, 7) is 3.67. The molecule has 0 radical (unpaired) electrons. The monoisotopic (exact) mass is 1870 g/mol. The molecule has 0 amide bonds. The van der Waals surface area contributed by atoms with E-state index in [1.54, 1.807) is 159 Å². The number of rotatable bonds is 32. The molecule has 0 bridgehead atoms. The van der Waals surface area contributed by atoms with E-state index >= 15 is 0 Å². The Morgan fingerprint density at radius 1 is 0.215 bits per heavy atom. The number of hydrogen-bond donors (Lipinski definition) is 15. The molecule has 0 aliphatic heterocycles. The molecule has 0 spiro atoms. The first-order valence-corrected chi connectivity index (χ1v) is 40.7. The van der Waals surface area contributed by atoms with Crippen LogP contribution in [0.1, 0.15) is 148 Å². The van der Waals surface area contributed by atoms with Crippen LogP contribution in [0.4, 0.5) is 0 Å². The van der Waals surface area contributed by atoms with Gasteiger partial charge in [0.1, 0.15) is 165 Å². The molecular formula is C98H102O37. The third-order valence-electron chi connectivity index (χ3n) is 16.5. The van der Waals surface area contributed by atoms with Crippen LogP contribution in [-0.4, -0.2) is 246 Å². The fraction of sp³-hybridized carbons (Fsp3) is 0.214. The molecule has 0 saturated heterocycles. The Balaban J connectivity index is 0.000000327. The van der Waals surface area contributed by atoms with Crippen LogP contribution < -0.4 is 0 Å². The Hall–Kier alpha value is -16.6. The van der Waals surface area contributed by atoms with E-state index in [4.69, 9.17) is 68.2 Å². The summed E-state index contributed by atoms with van der Waals surface area (Å²) in [7, 11) is 0. The van der Waals surface area contributed by atoms with Crippen molar-refractivity contribution in [3.05, 3.63) is 334 Å². The summed E-state index contributed by atoms with van der Waals surface area (Å²) >= 11 is 0. The molecular weight excluding hydrogens is 1770 g/mol. The first kappa shape index (κ1) is 111. The number of aliphatic hydroxyl groups is 5. The molecule has 37 heteroatoms. The van der Waals surface area contributed by atoms with E-state index in [0.29, 0.717) is 18.4 Å². The van der Waals surface area contributed by atoms with Crippen LogP contribution in [0.25, 0.3) is 0 Å². The Morgan fingerprint density at radius 2 is 0.415 bits per heavy atom. The Morgan fingerprint density at radius 3 is 0.652 bits per heavy atom. The van der Waals surface area contributed by atoms with E-state index in [9.17, 15) is 104 Å². The van der Waals surface area contributed by atoms with Crippen molar-refractivity contribution < 1.29 is 181 Å². The Bertz CT molecular complexity index is 5420. The van der Waals surface area contributed by atoms with Gasteiger partial charge in [-0.2, -0.15) is 0 Å². The van der Waals surface area contributed by atoms with Gasteiger partial charge in [0.2, 0.25) is 0 Å². The summed E-state index contributed by atoms with van der Waals surface area (Å²) in [6, 6.07) is 69.2. The van der Waals surface area contributed by atoms with Gasteiger partial charge in [-0.3, -0.25) is 0 Å². The van der Waals surface area contributed by atoms with Crippen molar-refractivity contribution in [2.24, 2.45) is 0 Å². The smallest absolute Gasteiger partial charge is 0.342 e. The highest BCUT2D eigenvalue weighted by Gasteiger charge is 2.22. The van der Waals surface area contributed by atoms with Gasteiger partial charge in [-0.1, -0.05) is 140 Å². The van der Waals surface area contributed by atoms with E-state index < -0.39 is 84.0 Å². The second-order valence-electron chi connectivity index (χ2n) is 27.0. The van der Waals surface area contributed by atoms with Crippen molar-refractivity contribution in [3.63, 3.8) is 0 Å². The summed E-state index contributed by atoms with van der Waals surface area (Å²) in [5, 5.41) is 137. The number of para-hydroxylation sites is 10. The number of benzene rings is 11. The average molecular weight is 1870 g/mol. The molecule has 3 atom stereocenters. The van der Waals surface area contributed by atoms with Gasteiger partial charge in [0.05, 0.1) is 51.3 Å². The molecule has 0 aliphatic rings. The lowest BCUT2D eigenvalue weighted by atomic mass is 10.2. The normalized spacial score (nSPS) is 10.6. The molecule has 0 fully saturated rings. The lowest BCUT2D eigenvalue weighted by Crippen LogP contribution is -2.22. The highest BCUT2D eigenvalue weighted by Crippen LogP contribution is 2.26. The molecule has 11 aromatic carbocycles. The third-order valence-corrected chi connectivity index (χ3v) is 16.5. The minimum absolute atomic E-state index is 0.0198. The van der Waals surface area contributed by atoms with Gasteiger partial charge in [-0.25, -0.2) is 52.7 Å². The fourth-order valence-electron chi connectivity index (χ4n) is 9.86. The zero-order valence-electron chi connectivity index (χ0n) is 73.0. The maximum atomic E-state index is 11.9. The lowest BCUT2D eigenvalue weighted by Gasteiger charge is -2.14. The first-order valence-electron chi connectivity index (χ1n) is 40.7. The number of aliphatic hydroxyl groups excluding tert-OH is 5. The van der Waals surface area contributed by atoms with Crippen molar-refractivity contribution in [3.8, 4) is 57.5 Å². The highest BCUT2D eigenvalue weighted by atomic mass is 16.6. The Kier molecular flexibility index (Phi) is 51.3. The number of esters is 11. The average Bonchev–Trinajstić information content (AvgIpc) is 0.812. The number of carbonyl (C=O) groups is 11. The maximum Gasteiger partial charge on any atom is 0.342 e. The molecule has 3 unspecified atom stereocenters. The first-order chi connectivity index (χ1) is 64.8. The molecule has 135 heavy (non-hydrogen) atoms. The second-order valence-corrected chi connectivity index (χ2v) is 27.0. The van der Waals surface area contributed by atoms with Crippen LogP contribution >= 0.6 is 0 Å². The van der Waals surface area contributed by atoms with E-state index in [1.807, 2.05) is 6.07 Å². The molecule has 0 saturated carbocycles. The van der Waals surface area contributed by atoms with Crippen LogP contribution in [0.15, 0.2) is 273 Å². The summed E-state index contributed by atoms with van der Waals surface area (Å²) in [5.74, 6) is -8.50. The quantitative estimate of drug-likeness (QED) is 0.0106. The largest absolute Gasteiger partial charge is 0.507 e. The summed E-state index contributed by atoms with van der Waals surface area (Å²) in [5.41, 5.74) is 1.27. The zero-order valence-corrected chi connectivity index (χ0v) is 73.0. The van der Waals surface area contributed by atoms with Crippen LogP contribution in [-0.2, 0) is 52.1 Å². The number of phenols is 10. The molecule has 0 aliphatic carbocycles. The lowest BCUT2D eigenvalue weighted by molar-refractivity contribution is 0.00413. The van der Waals surface area contributed by atoms with Gasteiger partial charge in [-0.05, 0) is 154 Å². The van der Waals surface area contributed by atoms with Crippen LogP contribution in [0, 0.1) is 0 Å². The molecule has 37 nitrogen and oxygen atoms in total. The third kappa shape index (κ3) is 41.8. The predicted octanol–water partition coefficient (Wildman–Crippen LogP) is 11.3. The van der Waals surface area contributed by atoms with Gasteiger partial charge >= 0.3 is 65.7 Å². The minimum Gasteiger partial charge on any atom is -0.507 e. The molecule has 15 N–H and O–H groups in total. The Labute approximate surface area is 773 Å². The molecule has 0 heterocycles. The number of ether oxygens (including phenoxy) is 11. The number of hydrogen-bond acceptors (Lipinski definition) is 37. The number of phenolic OH excluding ortho intramolecular Hbond substituents is 10. The van der Waals surface area contributed by atoms with Crippen molar-refractivity contribution in [1.29, 1.82) is 0 Å². The number of carbonyl (C=O) groups excluding carboxylic acids is 11. The zero-order chi connectivity index (χ0) is 99.4. The molecule has 716 valence electrons. The second kappa shape index (κ2) is 62.6. The van der Waals surface area contributed by atoms with Crippen LogP contribution in [0.2, 0.25) is 0 Å². The van der Waals surface area contributed by atoms with E-state index in [1.165, 1.54) is 128 Å². The molecule has 11 aromatic rings. The maximum absolute atomic E-state index is 11.9. The van der Waals surface area contributed by atoms with Crippen molar-refractivity contribution in [1.82, 2.24) is 0 Å². The summed E-state index contributed by atoms with van der Waals surface area (Å²) in [6.07, 6.45) is -1.28. The topological polar surface area (TPSA) is 593 Å². The summed E-state index contributed by atoms with van der Waals surface area (Å²) < 4.78 is 53.5. The van der Waals surface area contributed by atoms with Crippen molar-refractivity contribution in [2.45, 2.75) is 51.9 Å². The standard InChI is InChI=1S/2C17H16O6.C16H14O6.3C10H12O4.C9H10O4.C9H10O3/c1-11(23-17(21)13-7-3-5-9-15(13)19)10-22-16(20)12-6-2-4-8-14(12)18;18-14-8-3-1-6-12(14)16(20)22-10-5-11-23-17(21)13-7-2-4-9-15(13)19;17-13-7-3-1-5-11(13)15(19)21-9-10-22-16(20)12-6-2-4-8-14(12)18;1-7(11)6-14-10(13)8-4-2-3-5-9(8)12;1-7(6-11)14-10(13)8-4-2-3-5-9(8)12;11-6-3-7-14-10(13)8-4-1-2-5-9(8)12;10-5-6-13-9(12)7-3-1-2-4-8(7)11;10-6-7-12-9(11)8-4-2-1-3-5-8/h2-9,11,18-19H,10H2,1H3;1-4,6-9,18-19H,5,10-11H2;1-8,17-18H,9-10H2;2*2-5,7,11-12H,6H2,1H3;1-2,4-5,11-12H,3,6-7H2;1-4,10-11H,5-6H2;1-5,10H,6-7H2. The van der Waals surface area contributed by atoms with Crippen LogP contribution in [0.3, 0.4) is 0 Å². The van der Waals surface area contributed by atoms with Gasteiger partial charge in [0.15, 0.2) is 0 Å². The predicted molar refractivity (Wildman–Crippen MR) is 479 cm³/mol. The van der Waals surface area contributed by atoms with E-state index in [0.717, 1.165) is 0 Å². The molecule has 0 aromatic heterocycles. The SMILES string of the molecule is CC(CO)OC(=O)c1ccccc1O.CC(COC(=O)c1ccccc1O)OC(=O)c1ccccc1O.CC(O)COC(=O)c1ccccc1O.O=C(OCCCO)c1ccccc1O.O=C(OCCCOC(=O)c1ccccc1O)c1ccccc1O.O=C(OCCO)c1ccccc1.O=C(OCCO)c1ccccc1O.O=C(OCCOC(=O)c1ccccc1O)c1ccccc1O. The van der Waals surface area contributed by atoms with Gasteiger partial charge < -0.3 is 129 Å². The van der Waals surface area contributed by atoms with Gasteiger partial charge in [0.25, 0.3) is 0 Å². The fourth-order valence-corrected chi connectivity index (χ4v) is 9.86. The minimum atomic E-state index is -0.714. The van der Waals surface area contributed by atoms with Crippen LogP contribution in [0.5, 0.6) is 57.5 Å². The highest BCUT2D eigenvalue weighted by molar-refractivity contribution is 5.97. The van der Waals surface area contributed by atoms with Gasteiger partial charge in [-0.15, -0.1) is 0 Å². The van der Waals surface area contributed by atoms with Crippen molar-refractivity contribution in [2.75, 3.05) is 85.9 Å². The van der Waals surface area contributed by atoms with Crippen molar-refractivity contribution >= 4 is 65.7 Å². The number of aromatic hydroxyl groups is 10. The van der Waals surface area contributed by atoms with E-state index in [2.05, 4.69) is 9.47 Å². The molecule has 11 rings (SSSR count). The van der Waals surface area contributed by atoms with E-state index in [-0.39, 0.29) is 199 Å².